The van der Waals surface area contributed by atoms with E-state index in [0.717, 1.165) is 5.56 Å². The lowest BCUT2D eigenvalue weighted by Crippen LogP contribution is -2.35. The number of sulfonamides is 1. The van der Waals surface area contributed by atoms with Gasteiger partial charge in [0.25, 0.3) is 0 Å². The highest BCUT2D eigenvalue weighted by atomic mass is 35.5. The van der Waals surface area contributed by atoms with E-state index in [9.17, 15) is 8.42 Å². The fourth-order valence-corrected chi connectivity index (χ4v) is 2.69. The van der Waals surface area contributed by atoms with Crippen molar-refractivity contribution in [3.05, 3.63) is 30.1 Å². The van der Waals surface area contributed by atoms with Gasteiger partial charge in [0.2, 0.25) is 10.0 Å². The van der Waals surface area contributed by atoms with Crippen LogP contribution in [0.5, 0.6) is 0 Å². The normalized spacial score (nSPS) is 13.6. The van der Waals surface area contributed by atoms with Crippen molar-refractivity contribution in [3.8, 4) is 0 Å². The van der Waals surface area contributed by atoms with Crippen molar-refractivity contribution >= 4 is 21.6 Å². The highest BCUT2D eigenvalue weighted by Crippen LogP contribution is 2.01. The first-order valence-corrected chi connectivity index (χ1v) is 7.17. The molecule has 16 heavy (non-hydrogen) atoms. The minimum absolute atomic E-state index is 0.0677. The zero-order valence-electron chi connectivity index (χ0n) is 9.06. The molecule has 1 rings (SSSR count). The van der Waals surface area contributed by atoms with Crippen molar-refractivity contribution in [2.75, 3.05) is 11.6 Å². The molecule has 1 atom stereocenters. The molecule has 4 nitrogen and oxygen atoms in total. The van der Waals surface area contributed by atoms with E-state index in [1.807, 2.05) is 0 Å². The second-order valence-corrected chi connectivity index (χ2v) is 5.78. The highest BCUT2D eigenvalue weighted by molar-refractivity contribution is 7.89. The van der Waals surface area contributed by atoms with E-state index in [4.69, 9.17) is 11.6 Å². The maximum Gasteiger partial charge on any atom is 0.212 e. The Hall–Kier alpha value is -0.650. The van der Waals surface area contributed by atoms with Crippen LogP contribution < -0.4 is 4.72 Å². The Morgan fingerprint density at radius 1 is 1.44 bits per heavy atom. The van der Waals surface area contributed by atoms with E-state index in [1.54, 1.807) is 31.5 Å². The maximum atomic E-state index is 11.6. The predicted octanol–water partition coefficient (Wildman–Crippen LogP) is 1.17. The van der Waals surface area contributed by atoms with Gasteiger partial charge < -0.3 is 0 Å². The number of halogens is 1. The fourth-order valence-electron chi connectivity index (χ4n) is 1.20. The number of aromatic nitrogens is 1. The Kier molecular flexibility index (Phi) is 5.18. The van der Waals surface area contributed by atoms with Crippen LogP contribution in [0.3, 0.4) is 0 Å². The first kappa shape index (κ1) is 13.4. The van der Waals surface area contributed by atoms with Crippen molar-refractivity contribution in [1.82, 2.24) is 9.71 Å². The summed E-state index contributed by atoms with van der Waals surface area (Å²) in [6.07, 6.45) is 3.78. The van der Waals surface area contributed by atoms with Gasteiger partial charge in [-0.3, -0.25) is 4.98 Å². The van der Waals surface area contributed by atoms with Crippen LogP contribution in [0.4, 0.5) is 0 Å². The van der Waals surface area contributed by atoms with E-state index in [2.05, 4.69) is 9.71 Å². The van der Waals surface area contributed by atoms with Crippen LogP contribution in [-0.4, -0.2) is 31.1 Å². The van der Waals surface area contributed by atoms with Gasteiger partial charge in [0.1, 0.15) is 0 Å². The molecule has 0 amide bonds. The number of hydrogen-bond acceptors (Lipinski definition) is 3. The SMILES string of the molecule is CC(CCl)NS(=O)(=O)CCc1ccncc1. The molecule has 0 fully saturated rings. The van der Waals surface area contributed by atoms with Crippen LogP contribution in [-0.2, 0) is 16.4 Å². The second-order valence-electron chi connectivity index (χ2n) is 3.60. The lowest BCUT2D eigenvalue weighted by atomic mass is 10.2. The molecule has 0 radical (unpaired) electrons. The summed E-state index contributed by atoms with van der Waals surface area (Å²) < 4.78 is 25.7. The first-order chi connectivity index (χ1) is 7.53. The molecular formula is C10H15ClN2O2S. The number of alkyl halides is 1. The van der Waals surface area contributed by atoms with Crippen molar-refractivity contribution < 1.29 is 8.42 Å². The summed E-state index contributed by atoms with van der Waals surface area (Å²) in [5, 5.41) is 0. The molecule has 0 bridgehead atoms. The van der Waals surface area contributed by atoms with E-state index >= 15 is 0 Å². The summed E-state index contributed by atoms with van der Waals surface area (Å²) in [7, 11) is -3.25. The third-order valence-electron chi connectivity index (χ3n) is 2.02. The third-order valence-corrected chi connectivity index (χ3v) is 3.99. The fraction of sp³-hybridized carbons (Fsp3) is 0.500. The standard InChI is InChI=1S/C10H15ClN2O2S/c1-9(8-11)13-16(14,15)7-4-10-2-5-12-6-3-10/h2-3,5-6,9,13H,4,7-8H2,1H3. The van der Waals surface area contributed by atoms with Gasteiger partial charge in [-0.05, 0) is 31.0 Å². The number of pyridine rings is 1. The maximum absolute atomic E-state index is 11.6. The largest absolute Gasteiger partial charge is 0.265 e. The Morgan fingerprint density at radius 2 is 2.06 bits per heavy atom. The molecule has 0 aliphatic carbocycles. The molecule has 0 saturated heterocycles. The molecule has 0 saturated carbocycles. The van der Waals surface area contributed by atoms with Crippen LogP contribution in [0.1, 0.15) is 12.5 Å². The molecule has 1 heterocycles. The van der Waals surface area contributed by atoms with Crippen LogP contribution in [0.15, 0.2) is 24.5 Å². The third kappa shape index (κ3) is 4.92. The monoisotopic (exact) mass is 262 g/mol. The van der Waals surface area contributed by atoms with Gasteiger partial charge in [-0.15, -0.1) is 11.6 Å². The molecule has 0 aliphatic rings. The zero-order chi connectivity index (χ0) is 12.0. The summed E-state index contributed by atoms with van der Waals surface area (Å²) in [5.74, 6) is 0.340. The predicted molar refractivity (Wildman–Crippen MR) is 65.0 cm³/mol. The minimum Gasteiger partial charge on any atom is -0.265 e. The smallest absolute Gasteiger partial charge is 0.212 e. The Balaban J connectivity index is 2.49. The quantitative estimate of drug-likeness (QED) is 0.783. The van der Waals surface area contributed by atoms with Crippen LogP contribution >= 0.6 is 11.6 Å². The zero-order valence-corrected chi connectivity index (χ0v) is 10.6. The Bertz CT molecular complexity index is 408. The Morgan fingerprint density at radius 3 is 2.62 bits per heavy atom. The van der Waals surface area contributed by atoms with E-state index in [0.29, 0.717) is 6.42 Å². The van der Waals surface area contributed by atoms with E-state index in [-0.39, 0.29) is 17.7 Å². The summed E-state index contributed by atoms with van der Waals surface area (Å²) in [5.41, 5.74) is 0.957. The molecule has 1 unspecified atom stereocenters. The number of rotatable bonds is 6. The van der Waals surface area contributed by atoms with Crippen molar-refractivity contribution in [3.63, 3.8) is 0 Å². The molecule has 0 aromatic carbocycles. The molecule has 0 aliphatic heterocycles. The van der Waals surface area contributed by atoms with Crippen LogP contribution in [0, 0.1) is 0 Å². The number of nitrogens with zero attached hydrogens (tertiary/aromatic N) is 1. The molecular weight excluding hydrogens is 248 g/mol. The van der Waals surface area contributed by atoms with Crippen LogP contribution in [0.25, 0.3) is 0 Å². The molecule has 6 heteroatoms. The number of aryl methyl sites for hydroxylation is 1. The lowest BCUT2D eigenvalue weighted by molar-refractivity contribution is 0.570. The summed E-state index contributed by atoms with van der Waals surface area (Å²) in [6, 6.07) is 3.38. The average Bonchev–Trinajstić information content (AvgIpc) is 2.27. The summed E-state index contributed by atoms with van der Waals surface area (Å²) in [6.45, 7) is 1.73. The van der Waals surface area contributed by atoms with Crippen molar-refractivity contribution in [2.45, 2.75) is 19.4 Å². The molecule has 1 N–H and O–H groups in total. The number of hydrogen-bond donors (Lipinski definition) is 1. The molecule has 1 aromatic heterocycles. The minimum atomic E-state index is -3.25. The molecule has 0 spiro atoms. The van der Waals surface area contributed by atoms with Crippen LogP contribution in [0.2, 0.25) is 0 Å². The average molecular weight is 263 g/mol. The Labute approximate surface area is 101 Å². The van der Waals surface area contributed by atoms with Crippen molar-refractivity contribution in [1.29, 1.82) is 0 Å². The number of nitrogens with one attached hydrogen (secondary N) is 1. The van der Waals surface area contributed by atoms with Gasteiger partial charge >= 0.3 is 0 Å². The van der Waals surface area contributed by atoms with Gasteiger partial charge in [0, 0.05) is 24.3 Å². The van der Waals surface area contributed by atoms with Gasteiger partial charge in [-0.1, -0.05) is 0 Å². The topological polar surface area (TPSA) is 59.1 Å². The first-order valence-electron chi connectivity index (χ1n) is 4.98. The summed E-state index contributed by atoms with van der Waals surface area (Å²) in [4.78, 5) is 3.87. The molecule has 1 aromatic rings. The van der Waals surface area contributed by atoms with Gasteiger partial charge in [0.15, 0.2) is 0 Å². The van der Waals surface area contributed by atoms with Gasteiger partial charge in [-0.2, -0.15) is 0 Å². The lowest BCUT2D eigenvalue weighted by Gasteiger charge is -2.10. The van der Waals surface area contributed by atoms with E-state index in [1.165, 1.54) is 0 Å². The summed E-state index contributed by atoms with van der Waals surface area (Å²) >= 11 is 5.54. The molecule has 90 valence electrons. The highest BCUT2D eigenvalue weighted by Gasteiger charge is 2.13. The van der Waals surface area contributed by atoms with E-state index < -0.39 is 10.0 Å². The second kappa shape index (κ2) is 6.18. The van der Waals surface area contributed by atoms with Gasteiger partial charge in [0.05, 0.1) is 5.75 Å². The van der Waals surface area contributed by atoms with Crippen molar-refractivity contribution in [2.24, 2.45) is 0 Å². The van der Waals surface area contributed by atoms with Gasteiger partial charge in [-0.25, -0.2) is 13.1 Å².